The van der Waals surface area contributed by atoms with Gasteiger partial charge in [0.2, 0.25) is 0 Å². The van der Waals surface area contributed by atoms with E-state index in [1.54, 1.807) is 32.0 Å². The Morgan fingerprint density at radius 3 is 2.14 bits per heavy atom. The number of hydrogen-bond acceptors (Lipinski definition) is 3. The van der Waals surface area contributed by atoms with Crippen LogP contribution in [0.4, 0.5) is 10.5 Å². The normalized spacial score (nSPS) is 13.3. The third-order valence-corrected chi connectivity index (χ3v) is 5.63. The number of hydrogen-bond donors (Lipinski definition) is 2. The summed E-state index contributed by atoms with van der Waals surface area (Å²) in [5, 5.41) is 4.88. The molecule has 0 aliphatic rings. The van der Waals surface area contributed by atoms with Gasteiger partial charge in [0, 0.05) is 6.04 Å². The van der Waals surface area contributed by atoms with Gasteiger partial charge >= 0.3 is 6.03 Å². The Balaban J connectivity index is 2.98. The second-order valence-corrected chi connectivity index (χ2v) is 8.19. The first-order valence-electron chi connectivity index (χ1n) is 7.06. The maximum atomic E-state index is 12.3. The van der Waals surface area contributed by atoms with Crippen molar-refractivity contribution in [1.29, 1.82) is 0 Å². The van der Waals surface area contributed by atoms with Crippen molar-refractivity contribution in [3.05, 3.63) is 24.3 Å². The molecule has 1 atom stereocenters. The molecule has 0 saturated heterocycles. The number of amides is 2. The molecule has 2 N–H and O–H groups in total. The molecular formula is C15H24N2O3S. The van der Waals surface area contributed by atoms with Crippen molar-refractivity contribution in [1.82, 2.24) is 5.32 Å². The zero-order valence-corrected chi connectivity index (χ0v) is 14.0. The third-order valence-electron chi connectivity index (χ3n) is 3.42. The summed E-state index contributed by atoms with van der Waals surface area (Å²) < 4.78 is 24.6. The zero-order valence-electron chi connectivity index (χ0n) is 13.2. The molecule has 1 aromatic rings. The highest BCUT2D eigenvalue weighted by atomic mass is 32.2. The van der Waals surface area contributed by atoms with E-state index in [0.29, 0.717) is 11.6 Å². The van der Waals surface area contributed by atoms with E-state index in [0.717, 1.165) is 0 Å². The van der Waals surface area contributed by atoms with Gasteiger partial charge in [-0.2, -0.15) is 0 Å². The zero-order chi connectivity index (χ0) is 16.2. The molecule has 21 heavy (non-hydrogen) atoms. The van der Waals surface area contributed by atoms with Gasteiger partial charge < -0.3 is 10.6 Å². The molecule has 0 aromatic heterocycles. The molecular weight excluding hydrogens is 288 g/mol. The Kier molecular flexibility index (Phi) is 5.78. The lowest BCUT2D eigenvalue weighted by atomic mass is 10.1. The second-order valence-electron chi connectivity index (χ2n) is 5.72. The van der Waals surface area contributed by atoms with Gasteiger partial charge in [-0.25, -0.2) is 13.2 Å². The van der Waals surface area contributed by atoms with Crippen LogP contribution in [0.2, 0.25) is 0 Å². The van der Waals surface area contributed by atoms with E-state index in [2.05, 4.69) is 10.6 Å². The fourth-order valence-electron chi connectivity index (χ4n) is 1.60. The van der Waals surface area contributed by atoms with E-state index in [4.69, 9.17) is 0 Å². The number of anilines is 1. The Bertz CT molecular complexity index is 595. The van der Waals surface area contributed by atoms with Crippen LogP contribution >= 0.6 is 0 Å². The summed E-state index contributed by atoms with van der Waals surface area (Å²) in [5.41, 5.74) is 0.305. The van der Waals surface area contributed by atoms with Gasteiger partial charge in [-0.3, -0.25) is 0 Å². The van der Waals surface area contributed by atoms with Gasteiger partial charge in [0.05, 0.1) is 15.8 Å². The fourth-order valence-corrected chi connectivity index (χ4v) is 2.81. The minimum absolute atomic E-state index is 0.00105. The summed E-state index contributed by atoms with van der Waals surface area (Å²) in [4.78, 5) is 12.1. The van der Waals surface area contributed by atoms with E-state index in [1.807, 2.05) is 20.8 Å². The number of benzene rings is 1. The number of carbonyl (C=O) groups is 1. The van der Waals surface area contributed by atoms with Crippen LogP contribution in [-0.2, 0) is 9.84 Å². The second kappa shape index (κ2) is 6.93. The lowest BCUT2D eigenvalue weighted by molar-refractivity contribution is 0.246. The van der Waals surface area contributed by atoms with Crippen molar-refractivity contribution in [3.8, 4) is 0 Å². The van der Waals surface area contributed by atoms with Crippen LogP contribution in [0.15, 0.2) is 29.2 Å². The molecule has 118 valence electrons. The van der Waals surface area contributed by atoms with Gasteiger partial charge in [0.25, 0.3) is 0 Å². The summed E-state index contributed by atoms with van der Waals surface area (Å²) in [6.45, 7) is 9.14. The summed E-state index contributed by atoms with van der Waals surface area (Å²) in [7, 11) is -3.44. The van der Waals surface area contributed by atoms with E-state index >= 15 is 0 Å². The molecule has 0 saturated carbocycles. The summed E-state index contributed by atoms with van der Waals surface area (Å²) in [6, 6.07) is 6.04. The SMILES string of the molecule is CC(C)C(C)NC(=O)Nc1ccccc1S(=O)(=O)C(C)C. The lowest BCUT2D eigenvalue weighted by Crippen LogP contribution is -2.39. The van der Waals surface area contributed by atoms with Crippen LogP contribution < -0.4 is 10.6 Å². The molecule has 1 aromatic carbocycles. The monoisotopic (exact) mass is 312 g/mol. The Morgan fingerprint density at radius 1 is 1.05 bits per heavy atom. The van der Waals surface area contributed by atoms with Crippen LogP contribution in [0.5, 0.6) is 0 Å². The number of para-hydroxylation sites is 1. The highest BCUT2D eigenvalue weighted by Gasteiger charge is 2.23. The molecule has 6 heteroatoms. The summed E-state index contributed by atoms with van der Waals surface area (Å²) in [5.74, 6) is 0.297. The van der Waals surface area contributed by atoms with E-state index in [1.165, 1.54) is 6.07 Å². The minimum Gasteiger partial charge on any atom is -0.335 e. The molecule has 2 amide bonds. The number of carbonyl (C=O) groups excluding carboxylic acids is 1. The highest BCUT2D eigenvalue weighted by Crippen LogP contribution is 2.24. The summed E-state index contributed by atoms with van der Waals surface area (Å²) >= 11 is 0. The van der Waals surface area contributed by atoms with Crippen molar-refractivity contribution in [2.45, 2.75) is 50.8 Å². The molecule has 5 nitrogen and oxygen atoms in total. The Hall–Kier alpha value is -1.56. The molecule has 0 aliphatic carbocycles. The minimum atomic E-state index is -3.44. The van der Waals surface area contributed by atoms with Crippen LogP contribution in [0.25, 0.3) is 0 Å². The van der Waals surface area contributed by atoms with Crippen molar-refractivity contribution < 1.29 is 13.2 Å². The van der Waals surface area contributed by atoms with Gasteiger partial charge in [-0.1, -0.05) is 26.0 Å². The van der Waals surface area contributed by atoms with Crippen LogP contribution in [0.3, 0.4) is 0 Å². The average Bonchev–Trinajstić information content (AvgIpc) is 2.38. The molecule has 0 heterocycles. The predicted molar refractivity (Wildman–Crippen MR) is 85.2 cm³/mol. The maximum Gasteiger partial charge on any atom is 0.319 e. The van der Waals surface area contributed by atoms with Gasteiger partial charge in [0.15, 0.2) is 9.84 Å². The first-order chi connectivity index (χ1) is 9.66. The number of urea groups is 1. The standard InChI is InChI=1S/C15H24N2O3S/c1-10(2)12(5)16-15(18)17-13-8-6-7-9-14(13)21(19,20)11(3)4/h6-12H,1-5H3,(H2,16,17,18). The van der Waals surface area contributed by atoms with Gasteiger partial charge in [-0.15, -0.1) is 0 Å². The van der Waals surface area contributed by atoms with Crippen molar-refractivity contribution >= 4 is 21.6 Å². The molecule has 1 unspecified atom stereocenters. The first-order valence-corrected chi connectivity index (χ1v) is 8.61. The highest BCUT2D eigenvalue weighted by molar-refractivity contribution is 7.92. The molecule has 1 rings (SSSR count). The quantitative estimate of drug-likeness (QED) is 0.877. The van der Waals surface area contributed by atoms with Crippen LogP contribution in [-0.4, -0.2) is 25.7 Å². The van der Waals surface area contributed by atoms with Crippen molar-refractivity contribution in [2.24, 2.45) is 5.92 Å². The van der Waals surface area contributed by atoms with Crippen LogP contribution in [0.1, 0.15) is 34.6 Å². The van der Waals surface area contributed by atoms with Crippen molar-refractivity contribution in [2.75, 3.05) is 5.32 Å². The van der Waals surface area contributed by atoms with E-state index < -0.39 is 21.1 Å². The van der Waals surface area contributed by atoms with Crippen molar-refractivity contribution in [3.63, 3.8) is 0 Å². The number of nitrogens with one attached hydrogen (secondary N) is 2. The Labute approximate surface area is 127 Å². The third kappa shape index (κ3) is 4.46. The van der Waals surface area contributed by atoms with Crippen LogP contribution in [0, 0.1) is 5.92 Å². The predicted octanol–water partition coefficient (Wildman–Crippen LogP) is 3.03. The lowest BCUT2D eigenvalue weighted by Gasteiger charge is -2.19. The van der Waals surface area contributed by atoms with E-state index in [-0.39, 0.29) is 10.9 Å². The Morgan fingerprint density at radius 2 is 1.62 bits per heavy atom. The van der Waals surface area contributed by atoms with E-state index in [9.17, 15) is 13.2 Å². The topological polar surface area (TPSA) is 75.3 Å². The smallest absolute Gasteiger partial charge is 0.319 e. The first kappa shape index (κ1) is 17.5. The van der Waals surface area contributed by atoms with Gasteiger partial charge in [-0.05, 0) is 38.8 Å². The molecule has 0 spiro atoms. The average molecular weight is 312 g/mol. The largest absolute Gasteiger partial charge is 0.335 e. The molecule has 0 aliphatic heterocycles. The number of sulfone groups is 1. The maximum absolute atomic E-state index is 12.3. The van der Waals surface area contributed by atoms with Gasteiger partial charge in [0.1, 0.15) is 0 Å². The fraction of sp³-hybridized carbons (Fsp3) is 0.533. The molecule has 0 bridgehead atoms. The molecule has 0 fully saturated rings. The number of rotatable bonds is 5. The molecule has 0 radical (unpaired) electrons. The summed E-state index contributed by atoms with van der Waals surface area (Å²) in [6.07, 6.45) is 0.